The highest BCUT2D eigenvalue weighted by Crippen LogP contribution is 2.25. The van der Waals surface area contributed by atoms with E-state index in [0.29, 0.717) is 13.1 Å². The van der Waals surface area contributed by atoms with Crippen LogP contribution in [0.5, 0.6) is 0 Å². The van der Waals surface area contributed by atoms with Gasteiger partial charge in [-0.05, 0) is 24.7 Å². The number of benzene rings is 1. The first-order chi connectivity index (χ1) is 8.11. The van der Waals surface area contributed by atoms with Crippen LogP contribution in [-0.2, 0) is 9.53 Å². The van der Waals surface area contributed by atoms with Crippen molar-refractivity contribution in [1.29, 1.82) is 0 Å². The first-order valence-electron chi connectivity index (χ1n) is 5.62. The molecule has 1 saturated heterocycles. The second kappa shape index (κ2) is 4.94. The van der Waals surface area contributed by atoms with E-state index in [2.05, 4.69) is 0 Å². The predicted molar refractivity (Wildman–Crippen MR) is 62.4 cm³/mol. The standard InChI is InChI=1S/C13H16FNO2/c1-15-7-11(13(16)12(8-15)17-2)9-4-3-5-10(14)6-9/h3-6,11-12H,7-8H2,1-2H3. The Bertz CT molecular complexity index is 422. The highest BCUT2D eigenvalue weighted by Gasteiger charge is 2.34. The molecule has 1 aliphatic rings. The molecule has 1 aromatic carbocycles. The van der Waals surface area contributed by atoms with Crippen molar-refractivity contribution in [2.75, 3.05) is 27.2 Å². The second-order valence-corrected chi connectivity index (χ2v) is 4.46. The summed E-state index contributed by atoms with van der Waals surface area (Å²) in [4.78, 5) is 14.2. The minimum absolute atomic E-state index is 0.0381. The van der Waals surface area contributed by atoms with Gasteiger partial charge in [0.1, 0.15) is 11.9 Å². The number of likely N-dealkylation sites (tertiary alicyclic amines) is 1. The third kappa shape index (κ3) is 2.53. The second-order valence-electron chi connectivity index (χ2n) is 4.46. The van der Waals surface area contributed by atoms with E-state index in [1.54, 1.807) is 12.1 Å². The number of nitrogens with zero attached hydrogens (tertiary/aromatic N) is 1. The first kappa shape index (κ1) is 12.2. The number of halogens is 1. The molecular formula is C13H16FNO2. The zero-order chi connectivity index (χ0) is 12.4. The smallest absolute Gasteiger partial charge is 0.171 e. The number of Topliss-reactive ketones (excluding diaryl/α,β-unsaturated/α-hetero) is 1. The minimum Gasteiger partial charge on any atom is -0.372 e. The molecule has 1 heterocycles. The number of carbonyl (C=O) groups excluding carboxylic acids is 1. The summed E-state index contributed by atoms with van der Waals surface area (Å²) >= 11 is 0. The van der Waals surface area contributed by atoms with Crippen molar-refractivity contribution in [3.63, 3.8) is 0 Å². The molecule has 92 valence electrons. The van der Waals surface area contributed by atoms with Crippen molar-refractivity contribution >= 4 is 5.78 Å². The van der Waals surface area contributed by atoms with Crippen LogP contribution in [0.3, 0.4) is 0 Å². The van der Waals surface area contributed by atoms with Gasteiger partial charge in [0.15, 0.2) is 5.78 Å². The lowest BCUT2D eigenvalue weighted by atomic mass is 9.88. The number of hydrogen-bond donors (Lipinski definition) is 0. The third-order valence-electron chi connectivity index (χ3n) is 3.17. The van der Waals surface area contributed by atoms with Crippen LogP contribution in [0, 0.1) is 5.82 Å². The molecule has 1 aliphatic heterocycles. The van der Waals surface area contributed by atoms with Crippen LogP contribution in [0.4, 0.5) is 4.39 Å². The molecule has 4 heteroatoms. The van der Waals surface area contributed by atoms with Crippen molar-refractivity contribution < 1.29 is 13.9 Å². The summed E-state index contributed by atoms with van der Waals surface area (Å²) in [5.74, 6) is -0.567. The lowest BCUT2D eigenvalue weighted by molar-refractivity contribution is -0.135. The summed E-state index contributed by atoms with van der Waals surface area (Å²) in [7, 11) is 3.47. The number of likely N-dealkylation sites (N-methyl/N-ethyl adjacent to an activating group) is 1. The van der Waals surface area contributed by atoms with Crippen LogP contribution < -0.4 is 0 Å². The molecule has 0 amide bonds. The average Bonchev–Trinajstić information content (AvgIpc) is 2.31. The molecule has 17 heavy (non-hydrogen) atoms. The molecule has 2 rings (SSSR count). The molecule has 0 aromatic heterocycles. The first-order valence-corrected chi connectivity index (χ1v) is 5.62. The number of ether oxygens (including phenoxy) is 1. The van der Waals surface area contributed by atoms with Crippen LogP contribution in [0.15, 0.2) is 24.3 Å². The summed E-state index contributed by atoms with van der Waals surface area (Å²) < 4.78 is 18.3. The molecule has 0 saturated carbocycles. The summed E-state index contributed by atoms with van der Waals surface area (Å²) in [6.45, 7) is 1.21. The molecule has 1 fully saturated rings. The van der Waals surface area contributed by atoms with Crippen molar-refractivity contribution in [2.45, 2.75) is 12.0 Å². The SMILES string of the molecule is COC1CN(C)CC(c2cccc(F)c2)C1=O. The van der Waals surface area contributed by atoms with Gasteiger partial charge in [0.05, 0.1) is 5.92 Å². The van der Waals surface area contributed by atoms with Crippen LogP contribution in [-0.4, -0.2) is 44.0 Å². The number of rotatable bonds is 2. The van der Waals surface area contributed by atoms with E-state index in [0.717, 1.165) is 5.56 Å². The molecular weight excluding hydrogens is 221 g/mol. The van der Waals surface area contributed by atoms with Crippen molar-refractivity contribution in [3.05, 3.63) is 35.6 Å². The molecule has 2 unspecified atom stereocenters. The Labute approximate surface area is 100 Å². The van der Waals surface area contributed by atoms with Crippen LogP contribution in [0.1, 0.15) is 11.5 Å². The summed E-state index contributed by atoms with van der Waals surface area (Å²) in [6, 6.07) is 6.23. The Balaban J connectivity index is 2.27. The highest BCUT2D eigenvalue weighted by atomic mass is 19.1. The molecule has 3 nitrogen and oxygen atoms in total. The van der Waals surface area contributed by atoms with Gasteiger partial charge in [-0.3, -0.25) is 4.79 Å². The molecule has 1 aromatic rings. The lowest BCUT2D eigenvalue weighted by Gasteiger charge is -2.33. The third-order valence-corrected chi connectivity index (χ3v) is 3.17. The molecule has 2 atom stereocenters. The summed E-state index contributed by atoms with van der Waals surface area (Å²) in [5, 5.41) is 0. The maximum absolute atomic E-state index is 13.2. The largest absolute Gasteiger partial charge is 0.372 e. The number of hydrogen-bond acceptors (Lipinski definition) is 3. The fourth-order valence-corrected chi connectivity index (χ4v) is 2.26. The normalized spacial score (nSPS) is 26.2. The van der Waals surface area contributed by atoms with E-state index in [4.69, 9.17) is 4.74 Å². The van der Waals surface area contributed by atoms with E-state index in [9.17, 15) is 9.18 Å². The van der Waals surface area contributed by atoms with Crippen LogP contribution in [0.2, 0.25) is 0 Å². The Morgan fingerprint density at radius 2 is 2.18 bits per heavy atom. The monoisotopic (exact) mass is 237 g/mol. The molecule has 0 N–H and O–H groups in total. The minimum atomic E-state index is -0.415. The number of piperidine rings is 1. The molecule has 0 radical (unpaired) electrons. The maximum atomic E-state index is 13.2. The Kier molecular flexibility index (Phi) is 3.54. The van der Waals surface area contributed by atoms with Gasteiger partial charge < -0.3 is 9.64 Å². The van der Waals surface area contributed by atoms with Crippen molar-refractivity contribution in [3.8, 4) is 0 Å². The number of ketones is 1. The highest BCUT2D eigenvalue weighted by molar-refractivity contribution is 5.91. The van der Waals surface area contributed by atoms with Gasteiger partial charge in [-0.2, -0.15) is 0 Å². The zero-order valence-electron chi connectivity index (χ0n) is 10.0. The average molecular weight is 237 g/mol. The maximum Gasteiger partial charge on any atom is 0.171 e. The van der Waals surface area contributed by atoms with Crippen LogP contribution in [0.25, 0.3) is 0 Å². The van der Waals surface area contributed by atoms with E-state index in [1.807, 2.05) is 11.9 Å². The van der Waals surface area contributed by atoms with E-state index in [1.165, 1.54) is 19.2 Å². The van der Waals surface area contributed by atoms with Gasteiger partial charge in [0.25, 0.3) is 0 Å². The van der Waals surface area contributed by atoms with E-state index >= 15 is 0 Å². The van der Waals surface area contributed by atoms with Crippen molar-refractivity contribution in [2.24, 2.45) is 0 Å². The predicted octanol–water partition coefficient (Wildman–Crippen LogP) is 1.44. The Morgan fingerprint density at radius 1 is 1.41 bits per heavy atom. The Morgan fingerprint density at radius 3 is 2.82 bits per heavy atom. The fourth-order valence-electron chi connectivity index (χ4n) is 2.26. The lowest BCUT2D eigenvalue weighted by Crippen LogP contribution is -2.47. The van der Waals surface area contributed by atoms with Gasteiger partial charge in [-0.25, -0.2) is 4.39 Å². The Hall–Kier alpha value is -1.26. The van der Waals surface area contributed by atoms with Gasteiger partial charge in [0.2, 0.25) is 0 Å². The van der Waals surface area contributed by atoms with Gasteiger partial charge in [0, 0.05) is 20.2 Å². The van der Waals surface area contributed by atoms with Gasteiger partial charge in [-0.15, -0.1) is 0 Å². The molecule has 0 aliphatic carbocycles. The summed E-state index contributed by atoms with van der Waals surface area (Å²) in [6.07, 6.45) is -0.415. The van der Waals surface area contributed by atoms with Gasteiger partial charge >= 0.3 is 0 Å². The topological polar surface area (TPSA) is 29.5 Å². The van der Waals surface area contributed by atoms with Gasteiger partial charge in [-0.1, -0.05) is 12.1 Å². The molecule has 0 bridgehead atoms. The molecule has 0 spiro atoms. The van der Waals surface area contributed by atoms with E-state index < -0.39 is 6.10 Å². The number of carbonyl (C=O) groups is 1. The fraction of sp³-hybridized carbons (Fsp3) is 0.462. The van der Waals surface area contributed by atoms with E-state index in [-0.39, 0.29) is 17.5 Å². The van der Waals surface area contributed by atoms with Crippen LogP contribution >= 0.6 is 0 Å². The van der Waals surface area contributed by atoms with Crippen molar-refractivity contribution in [1.82, 2.24) is 4.90 Å². The number of methoxy groups -OCH3 is 1. The quantitative estimate of drug-likeness (QED) is 0.779. The zero-order valence-corrected chi connectivity index (χ0v) is 10.0. The summed E-state index contributed by atoms with van der Waals surface area (Å²) in [5.41, 5.74) is 0.726.